The van der Waals surface area contributed by atoms with Crippen molar-refractivity contribution in [1.29, 1.82) is 0 Å². The van der Waals surface area contributed by atoms with Gasteiger partial charge in [-0.3, -0.25) is 0 Å². The molecule has 0 atom stereocenters. The average Bonchev–Trinajstić information content (AvgIpc) is 0.693. The normalized spacial score (nSPS) is 28.0. The zero-order valence-electron chi connectivity index (χ0n) is 49.5. The maximum Gasteiger partial charge on any atom is 0.516 e. The highest BCUT2D eigenvalue weighted by Gasteiger charge is 2.86. The minimum absolute atomic E-state index is 0.484. The zero-order valence-corrected chi connectivity index (χ0v) is 57.5. The van der Waals surface area contributed by atoms with Crippen LogP contribution in [0.1, 0.15) is 41.5 Å². The van der Waals surface area contributed by atoms with Crippen molar-refractivity contribution in [3.63, 3.8) is 0 Å². The summed E-state index contributed by atoms with van der Waals surface area (Å²) in [5.74, 6) is 0. The number of hydrogen-bond acceptors (Lipinski definition) is 12. The van der Waals surface area contributed by atoms with Crippen LogP contribution in [-0.2, 0) is 49.4 Å². The molecular formula is C66H74O12Si8. The van der Waals surface area contributed by atoms with Crippen LogP contribution < -0.4 is 36.3 Å². The van der Waals surface area contributed by atoms with Gasteiger partial charge >= 0.3 is 70.4 Å². The van der Waals surface area contributed by atoms with Gasteiger partial charge in [-0.15, -0.1) is 39.5 Å². The molecule has 0 saturated carbocycles. The highest BCUT2D eigenvalue weighted by Crippen LogP contribution is 2.50. The van der Waals surface area contributed by atoms with E-state index in [9.17, 15) is 0 Å². The molecule has 0 spiro atoms. The predicted octanol–water partition coefficient (Wildman–Crippen LogP) is 10.6. The highest BCUT2D eigenvalue weighted by atomic mass is 28.6. The lowest BCUT2D eigenvalue weighted by molar-refractivity contribution is -0.00400. The van der Waals surface area contributed by atoms with Crippen LogP contribution in [0, 0.1) is 0 Å². The smallest absolute Gasteiger partial charge is 0.366 e. The maximum atomic E-state index is 8.09. The summed E-state index contributed by atoms with van der Waals surface area (Å²) in [6, 6.07) is 67.0. The van der Waals surface area contributed by atoms with E-state index in [1.54, 1.807) is 48.6 Å². The Morgan fingerprint density at radius 1 is 0.244 bits per heavy atom. The van der Waals surface area contributed by atoms with Crippen molar-refractivity contribution in [2.45, 2.75) is 41.5 Å². The summed E-state index contributed by atoms with van der Waals surface area (Å²) in [6.07, 6.45) is 15.8. The molecular weight excluding hydrogens is 1210 g/mol. The fraction of sp³-hybridized carbons (Fsp3) is 0.0909. The lowest BCUT2D eigenvalue weighted by Crippen LogP contribution is -2.95. The molecule has 0 amide bonds. The van der Waals surface area contributed by atoms with E-state index in [1.807, 2.05) is 260 Å². The Hall–Kier alpha value is -6.72. The molecule has 7 aliphatic rings. The third-order valence-electron chi connectivity index (χ3n) is 12.1. The van der Waals surface area contributed by atoms with Crippen LogP contribution in [0.3, 0.4) is 0 Å². The van der Waals surface area contributed by atoms with Gasteiger partial charge in [-0.05, 0) is 59.8 Å². The Morgan fingerprint density at radius 3 is 0.535 bits per heavy atom. The molecule has 0 aromatic heterocycles. The van der Waals surface area contributed by atoms with Gasteiger partial charge in [0.15, 0.2) is 0 Å². The molecule has 0 unspecified atom stereocenters. The Morgan fingerprint density at radius 2 is 0.395 bits per heavy atom. The molecule has 12 nitrogen and oxygen atoms in total. The van der Waals surface area contributed by atoms with Gasteiger partial charge in [0.1, 0.15) is 0 Å². The second kappa shape index (κ2) is 30.8. The zero-order chi connectivity index (χ0) is 61.6. The van der Waals surface area contributed by atoms with Crippen molar-refractivity contribution in [3.05, 3.63) is 323 Å². The van der Waals surface area contributed by atoms with Crippen LogP contribution in [0.25, 0.3) is 0 Å². The SMILES string of the molecule is C1=C=CC([Si]23O[Si]4(c5ccccc5)O[Si]5(c6ccccc6)O[Si](c6ccccc6)(O2)O[Si]2(c6ccccc6)O[Si](c6ccccc6)(O3)O[Si](c3ccccc3)(O4)O[Si](c3ccccc3)(O5)O2)=CC=1.C=CC.C=CC.C=CC.C=CC.C=CC.C=CC. The highest BCUT2D eigenvalue weighted by molar-refractivity contribution is 7.14. The minimum Gasteiger partial charge on any atom is -0.366 e. The van der Waals surface area contributed by atoms with Crippen LogP contribution in [0.4, 0.5) is 0 Å². The van der Waals surface area contributed by atoms with Gasteiger partial charge in [0.05, 0.1) is 0 Å². The summed E-state index contributed by atoms with van der Waals surface area (Å²) < 4.78 is 97.0. The van der Waals surface area contributed by atoms with Gasteiger partial charge in [-0.25, -0.2) is 0 Å². The van der Waals surface area contributed by atoms with Crippen LogP contribution >= 0.6 is 0 Å². The number of hydrogen-bond donors (Lipinski definition) is 0. The van der Waals surface area contributed by atoms with Crippen molar-refractivity contribution in [1.82, 2.24) is 0 Å². The minimum atomic E-state index is -4.78. The van der Waals surface area contributed by atoms with Crippen LogP contribution in [0.2, 0.25) is 0 Å². The predicted molar refractivity (Wildman–Crippen MR) is 361 cm³/mol. The third kappa shape index (κ3) is 14.3. The molecule has 8 bridgehead atoms. The average molecular weight is 1280 g/mol. The molecule has 6 fully saturated rings. The van der Waals surface area contributed by atoms with Crippen molar-refractivity contribution in [2.75, 3.05) is 0 Å². The van der Waals surface area contributed by atoms with Crippen molar-refractivity contribution >= 4 is 107 Å². The molecule has 6 heterocycles. The molecule has 0 N–H and O–H groups in total. The summed E-state index contributed by atoms with van der Waals surface area (Å²) in [7, 11) is -38.0. The quantitative estimate of drug-likeness (QED) is 0.0821. The maximum absolute atomic E-state index is 8.09. The first-order valence-electron chi connectivity index (χ1n) is 27.9. The van der Waals surface area contributed by atoms with Gasteiger partial charge < -0.3 is 49.4 Å². The Bertz CT molecular complexity index is 3150. The topological polar surface area (TPSA) is 111 Å². The fourth-order valence-corrected chi connectivity index (χ4v) is 55.1. The molecule has 6 saturated heterocycles. The van der Waals surface area contributed by atoms with Gasteiger partial charge in [0.25, 0.3) is 0 Å². The number of benzene rings is 7. The van der Waals surface area contributed by atoms with E-state index in [0.29, 0.717) is 41.5 Å². The molecule has 14 rings (SSSR count). The van der Waals surface area contributed by atoms with Crippen LogP contribution in [0.5, 0.6) is 0 Å². The first kappa shape index (κ1) is 66.8. The third-order valence-corrected chi connectivity index (χ3v) is 46.2. The van der Waals surface area contributed by atoms with E-state index < -0.39 is 70.4 Å². The van der Waals surface area contributed by atoms with E-state index in [1.165, 1.54) is 0 Å². The standard InChI is InChI=1S/C48H38O12Si8.6C3H6/c1-9-25-41(26-10-1)61-49-62(42-27-11-2-12-28-42)52-65(45-33-17-5-18-34-45)54-63(50-61,43-29-13-3-14-30-43)56-67(47-37-21-7-22-38-47)57-64(51-61,44-31-15-4-16-32-44)55-66(53-62,46-35-19-6-20-36-46)59-68(58-65,60-67)48-39-23-8-24-40-48;6*1-3-2/h1-7,9-23,25-40H;6*3H,1H2,2H3. The largest absolute Gasteiger partial charge is 0.516 e. The summed E-state index contributed by atoms with van der Waals surface area (Å²) in [5, 5.41) is 4.38. The van der Waals surface area contributed by atoms with Gasteiger partial charge in [0.2, 0.25) is 0 Å². The van der Waals surface area contributed by atoms with E-state index in [-0.39, 0.29) is 0 Å². The van der Waals surface area contributed by atoms with E-state index in [0.717, 1.165) is 0 Å². The second-order valence-corrected chi connectivity index (χ2v) is 42.2. The molecule has 86 heavy (non-hydrogen) atoms. The first-order chi connectivity index (χ1) is 41.8. The lowest BCUT2D eigenvalue weighted by atomic mass is 10.4. The molecule has 7 aromatic carbocycles. The van der Waals surface area contributed by atoms with E-state index in [4.69, 9.17) is 49.4 Å². The van der Waals surface area contributed by atoms with Crippen LogP contribution in [-0.4, -0.2) is 70.4 Å². The molecule has 20 heteroatoms. The monoisotopic (exact) mass is 1280 g/mol. The Kier molecular flexibility index (Phi) is 23.9. The molecule has 442 valence electrons. The summed E-state index contributed by atoms with van der Waals surface area (Å²) in [5.41, 5.74) is 6.22. The second-order valence-electron chi connectivity index (χ2n) is 18.9. The van der Waals surface area contributed by atoms with Crippen molar-refractivity contribution in [2.24, 2.45) is 0 Å². The van der Waals surface area contributed by atoms with E-state index in [2.05, 4.69) is 50.9 Å². The first-order valence-corrected chi connectivity index (χ1v) is 41.7. The van der Waals surface area contributed by atoms with Gasteiger partial charge in [0, 0.05) is 41.5 Å². The Labute approximate surface area is 517 Å². The van der Waals surface area contributed by atoms with Crippen LogP contribution in [0.15, 0.2) is 323 Å². The lowest BCUT2D eigenvalue weighted by Gasteiger charge is -2.62. The molecule has 0 radical (unpaired) electrons. The summed E-state index contributed by atoms with van der Waals surface area (Å²) in [6.45, 7) is 31.5. The van der Waals surface area contributed by atoms with Crippen molar-refractivity contribution < 1.29 is 49.4 Å². The molecule has 7 aromatic rings. The summed E-state index contributed by atoms with van der Waals surface area (Å²) in [4.78, 5) is 0. The van der Waals surface area contributed by atoms with Gasteiger partial charge in [-0.1, -0.05) is 260 Å². The summed E-state index contributed by atoms with van der Waals surface area (Å²) >= 11 is 0. The number of allylic oxidation sites excluding steroid dienone is 10. The van der Waals surface area contributed by atoms with Gasteiger partial charge in [-0.2, -0.15) is 0 Å². The van der Waals surface area contributed by atoms with E-state index >= 15 is 0 Å². The van der Waals surface area contributed by atoms with Crippen molar-refractivity contribution in [3.8, 4) is 0 Å². The fourth-order valence-electron chi connectivity index (χ4n) is 9.07. The Balaban J connectivity index is 0.000000528. The molecule has 6 aliphatic heterocycles. The number of rotatable bonds is 8. The molecule has 1 aliphatic carbocycles.